The molecule has 0 aliphatic carbocycles. The van der Waals surface area contributed by atoms with Crippen molar-refractivity contribution in [2.45, 2.75) is 0 Å². The van der Waals surface area contributed by atoms with E-state index in [0.29, 0.717) is 5.56 Å². The van der Waals surface area contributed by atoms with Gasteiger partial charge in [0, 0.05) is 5.56 Å². The van der Waals surface area contributed by atoms with Gasteiger partial charge in [0.05, 0.1) is 25.6 Å². The number of rotatable bonds is 2. The smallest absolute Gasteiger partial charge is 0.290 e. The number of aromatic nitrogens is 2. The third kappa shape index (κ3) is 1.69. The van der Waals surface area contributed by atoms with E-state index in [4.69, 9.17) is 0 Å². The molecule has 0 saturated carbocycles. The van der Waals surface area contributed by atoms with Crippen LogP contribution in [0.2, 0.25) is 0 Å². The van der Waals surface area contributed by atoms with Crippen molar-refractivity contribution in [1.29, 1.82) is 0 Å². The highest BCUT2D eigenvalue weighted by Gasteiger charge is 2.23. The van der Waals surface area contributed by atoms with Crippen molar-refractivity contribution in [3.63, 3.8) is 0 Å². The van der Waals surface area contributed by atoms with E-state index in [1.54, 1.807) is 18.2 Å². The van der Waals surface area contributed by atoms with Gasteiger partial charge < -0.3 is 9.90 Å². The van der Waals surface area contributed by atoms with Crippen molar-refractivity contribution in [2.24, 2.45) is 14.1 Å². The standard InChI is InChI=1S/C16H14N2O2/c1-17-13-9-5-6-10-14(13)18(2)15(17)11-7-3-4-8-12(11)16(19)20/h3-10H,1-2H3. The molecule has 0 radical (unpaired) electrons. The number of hydrogen-bond acceptors (Lipinski definition) is 2. The fraction of sp³-hybridized carbons (Fsp3) is 0.125. The number of fused-ring (bicyclic) bond motifs is 1. The van der Waals surface area contributed by atoms with Crippen molar-refractivity contribution < 1.29 is 14.5 Å². The highest BCUT2D eigenvalue weighted by Crippen LogP contribution is 2.24. The normalized spacial score (nSPS) is 10.9. The van der Waals surface area contributed by atoms with Gasteiger partial charge in [-0.05, 0) is 18.2 Å². The summed E-state index contributed by atoms with van der Waals surface area (Å²) in [7, 11) is 3.87. The zero-order valence-electron chi connectivity index (χ0n) is 11.3. The molecule has 0 amide bonds. The molecule has 3 rings (SSSR count). The zero-order valence-corrected chi connectivity index (χ0v) is 11.3. The summed E-state index contributed by atoms with van der Waals surface area (Å²) in [6, 6.07) is 14.9. The van der Waals surface area contributed by atoms with Gasteiger partial charge in [-0.25, -0.2) is 9.13 Å². The van der Waals surface area contributed by atoms with Crippen molar-refractivity contribution in [2.75, 3.05) is 0 Å². The summed E-state index contributed by atoms with van der Waals surface area (Å²) in [5.74, 6) is -0.322. The monoisotopic (exact) mass is 266 g/mol. The molecular formula is C16H14N2O2. The molecule has 0 bridgehead atoms. The summed E-state index contributed by atoms with van der Waals surface area (Å²) in [6.45, 7) is 0. The first-order valence-electron chi connectivity index (χ1n) is 6.35. The summed E-state index contributed by atoms with van der Waals surface area (Å²) in [5, 5.41) is 11.3. The Morgan fingerprint density at radius 2 is 1.75 bits per heavy atom. The Bertz CT molecular complexity index is 779. The number of aryl methyl sites for hydroxylation is 2. The van der Waals surface area contributed by atoms with Gasteiger partial charge in [0.25, 0.3) is 5.82 Å². The Labute approximate surface area is 116 Å². The summed E-state index contributed by atoms with van der Waals surface area (Å²) in [6.07, 6.45) is 0. The maximum atomic E-state index is 11.3. The van der Waals surface area contributed by atoms with Crippen molar-refractivity contribution in [3.05, 3.63) is 54.1 Å². The van der Waals surface area contributed by atoms with Gasteiger partial charge in [-0.2, -0.15) is 0 Å². The molecule has 0 N–H and O–H groups in total. The molecule has 0 unspecified atom stereocenters. The number of nitrogens with zero attached hydrogens (tertiary/aromatic N) is 2. The molecule has 0 aliphatic rings. The minimum absolute atomic E-state index is 0.203. The topological polar surface area (TPSA) is 48.9 Å². The number of aromatic carboxylic acids is 1. The second-order valence-corrected chi connectivity index (χ2v) is 4.76. The highest BCUT2D eigenvalue weighted by molar-refractivity contribution is 5.94. The molecule has 0 spiro atoms. The quantitative estimate of drug-likeness (QED) is 0.651. The van der Waals surface area contributed by atoms with Gasteiger partial charge >= 0.3 is 0 Å². The van der Waals surface area contributed by atoms with E-state index in [1.165, 1.54) is 0 Å². The maximum absolute atomic E-state index is 11.3. The summed E-state index contributed by atoms with van der Waals surface area (Å²) in [5.41, 5.74) is 2.97. The first-order chi connectivity index (χ1) is 9.61. The number of benzene rings is 2. The molecule has 1 aromatic heterocycles. The molecule has 3 aromatic rings. The first kappa shape index (κ1) is 12.4. The van der Waals surface area contributed by atoms with Crippen molar-refractivity contribution >= 4 is 17.0 Å². The van der Waals surface area contributed by atoms with E-state index in [2.05, 4.69) is 0 Å². The summed E-state index contributed by atoms with van der Waals surface area (Å²) >= 11 is 0. The molecular weight excluding hydrogens is 252 g/mol. The van der Waals surface area contributed by atoms with Crippen LogP contribution in [0.5, 0.6) is 0 Å². The van der Waals surface area contributed by atoms with Crippen molar-refractivity contribution in [1.82, 2.24) is 4.57 Å². The van der Waals surface area contributed by atoms with Gasteiger partial charge in [-0.1, -0.05) is 30.3 Å². The minimum Gasteiger partial charge on any atom is -0.545 e. The number of hydrogen-bond donors (Lipinski definition) is 0. The van der Waals surface area contributed by atoms with E-state index in [9.17, 15) is 9.90 Å². The first-order valence-corrected chi connectivity index (χ1v) is 6.35. The lowest BCUT2D eigenvalue weighted by Crippen LogP contribution is -2.31. The van der Waals surface area contributed by atoms with Crippen LogP contribution in [0.25, 0.3) is 22.4 Å². The third-order valence-electron chi connectivity index (χ3n) is 3.63. The van der Waals surface area contributed by atoms with E-state index in [-0.39, 0.29) is 5.56 Å². The van der Waals surface area contributed by atoms with Crippen LogP contribution in [0, 0.1) is 0 Å². The molecule has 2 aromatic carbocycles. The Balaban J connectivity index is 2.39. The van der Waals surface area contributed by atoms with Crippen LogP contribution < -0.4 is 9.67 Å². The highest BCUT2D eigenvalue weighted by atomic mass is 16.4. The molecule has 4 nitrogen and oxygen atoms in total. The molecule has 4 heteroatoms. The van der Waals surface area contributed by atoms with E-state index >= 15 is 0 Å². The largest absolute Gasteiger partial charge is 0.545 e. The number of carboxylic acid groups (broad SMARTS) is 1. The average Bonchev–Trinajstić information content (AvgIpc) is 2.71. The molecule has 0 atom stereocenters. The van der Waals surface area contributed by atoms with Crippen LogP contribution in [0.4, 0.5) is 0 Å². The minimum atomic E-state index is -1.16. The van der Waals surface area contributed by atoms with E-state index in [0.717, 1.165) is 16.9 Å². The molecule has 0 fully saturated rings. The van der Waals surface area contributed by atoms with Gasteiger partial charge in [0.2, 0.25) is 0 Å². The van der Waals surface area contributed by atoms with Crippen LogP contribution in [0.15, 0.2) is 48.5 Å². The van der Waals surface area contributed by atoms with Gasteiger partial charge in [-0.15, -0.1) is 0 Å². The second-order valence-electron chi connectivity index (χ2n) is 4.76. The number of carboxylic acids is 1. The fourth-order valence-electron chi connectivity index (χ4n) is 2.70. The number of imidazole rings is 1. The summed E-state index contributed by atoms with van der Waals surface area (Å²) in [4.78, 5) is 11.3. The Morgan fingerprint density at radius 1 is 1.10 bits per heavy atom. The van der Waals surface area contributed by atoms with Gasteiger partial charge in [0.1, 0.15) is 0 Å². The van der Waals surface area contributed by atoms with Crippen molar-refractivity contribution in [3.8, 4) is 11.4 Å². The Kier molecular flexibility index (Phi) is 2.79. The Morgan fingerprint density at radius 3 is 2.45 bits per heavy atom. The number of para-hydroxylation sites is 2. The predicted molar refractivity (Wildman–Crippen MR) is 73.9 cm³/mol. The van der Waals surface area contributed by atoms with E-state index < -0.39 is 5.97 Å². The van der Waals surface area contributed by atoms with Gasteiger partial charge in [-0.3, -0.25) is 0 Å². The lowest BCUT2D eigenvalue weighted by atomic mass is 10.1. The number of carbonyl (C=O) groups is 1. The zero-order chi connectivity index (χ0) is 14.3. The molecule has 20 heavy (non-hydrogen) atoms. The molecule has 0 saturated heterocycles. The molecule has 100 valence electrons. The van der Waals surface area contributed by atoms with Crippen LogP contribution in [-0.2, 0) is 14.1 Å². The van der Waals surface area contributed by atoms with Crippen LogP contribution in [0.1, 0.15) is 10.4 Å². The fourth-order valence-corrected chi connectivity index (χ4v) is 2.70. The average molecular weight is 266 g/mol. The second kappa shape index (κ2) is 4.49. The van der Waals surface area contributed by atoms with Crippen LogP contribution in [0.3, 0.4) is 0 Å². The molecule has 1 heterocycles. The molecule has 0 aliphatic heterocycles. The third-order valence-corrected chi connectivity index (χ3v) is 3.63. The Hall–Kier alpha value is -2.62. The SMILES string of the molecule is Cn1c(-c2ccccc2C(=O)[O-])[n+](C)c2ccccc21. The summed E-state index contributed by atoms with van der Waals surface area (Å²) < 4.78 is 3.99. The van der Waals surface area contributed by atoms with Gasteiger partial charge in [0.15, 0.2) is 11.0 Å². The van der Waals surface area contributed by atoms with Crippen LogP contribution in [-0.4, -0.2) is 10.5 Å². The van der Waals surface area contributed by atoms with E-state index in [1.807, 2.05) is 53.6 Å². The predicted octanol–water partition coefficient (Wildman–Crippen LogP) is 1.03. The van der Waals surface area contributed by atoms with Crippen LogP contribution >= 0.6 is 0 Å². The lowest BCUT2D eigenvalue weighted by molar-refractivity contribution is -0.634. The number of carbonyl (C=O) groups excluding carboxylic acids is 1. The maximum Gasteiger partial charge on any atom is 0.290 e. The lowest BCUT2D eigenvalue weighted by Gasteiger charge is -2.07.